The third kappa shape index (κ3) is 3.29. The van der Waals surface area contributed by atoms with E-state index in [4.69, 9.17) is 5.73 Å². The molecule has 19 heavy (non-hydrogen) atoms. The molecule has 0 radical (unpaired) electrons. The van der Waals surface area contributed by atoms with Crippen LogP contribution >= 0.6 is 0 Å². The molecule has 0 bridgehead atoms. The van der Waals surface area contributed by atoms with Crippen LogP contribution in [0.15, 0.2) is 18.2 Å². The minimum atomic E-state index is -0.892. The summed E-state index contributed by atoms with van der Waals surface area (Å²) in [5, 5.41) is 2.73. The summed E-state index contributed by atoms with van der Waals surface area (Å²) in [5.41, 5.74) is 6.13. The number of hydrogen-bond acceptors (Lipinski definition) is 3. The van der Waals surface area contributed by atoms with Crippen LogP contribution < -0.4 is 11.1 Å². The molecule has 1 heterocycles. The molecule has 0 fully saturated rings. The summed E-state index contributed by atoms with van der Waals surface area (Å²) < 4.78 is 13.0. The molecule has 2 rings (SSSR count). The lowest BCUT2D eigenvalue weighted by Crippen LogP contribution is -2.49. The molecule has 1 amide bonds. The van der Waals surface area contributed by atoms with E-state index < -0.39 is 5.54 Å². The number of carbonyl (C=O) groups is 1. The van der Waals surface area contributed by atoms with Crippen molar-refractivity contribution in [2.45, 2.75) is 25.8 Å². The Morgan fingerprint density at radius 2 is 2.26 bits per heavy atom. The first-order valence-corrected chi connectivity index (χ1v) is 6.07. The second-order valence-corrected chi connectivity index (χ2v) is 5.07. The number of benzene rings is 1. The number of hydrogen-bond donors (Lipinski definition) is 3. The number of nitrogens with zero attached hydrogens (tertiary/aromatic N) is 1. The van der Waals surface area contributed by atoms with Crippen LogP contribution in [-0.4, -0.2) is 28.0 Å². The van der Waals surface area contributed by atoms with Crippen LogP contribution in [0.25, 0.3) is 11.0 Å². The highest BCUT2D eigenvalue weighted by atomic mass is 19.1. The molecule has 0 saturated carbocycles. The third-order valence-corrected chi connectivity index (χ3v) is 2.73. The van der Waals surface area contributed by atoms with E-state index in [0.717, 1.165) is 0 Å². The minimum absolute atomic E-state index is 0.213. The van der Waals surface area contributed by atoms with Crippen molar-refractivity contribution < 1.29 is 9.18 Å². The predicted octanol–water partition coefficient (Wildman–Crippen LogP) is 1.10. The number of nitrogens with one attached hydrogen (secondary N) is 2. The number of carbonyl (C=O) groups excluding carboxylic acids is 1. The second kappa shape index (κ2) is 4.97. The Kier molecular flexibility index (Phi) is 3.53. The topological polar surface area (TPSA) is 83.8 Å². The summed E-state index contributed by atoms with van der Waals surface area (Å²) in [6.07, 6.45) is 0.540. The Labute approximate surface area is 110 Å². The lowest BCUT2D eigenvalue weighted by atomic mass is 10.1. The molecule has 2 aromatic rings. The van der Waals surface area contributed by atoms with E-state index in [2.05, 4.69) is 15.3 Å². The van der Waals surface area contributed by atoms with Gasteiger partial charge in [-0.05, 0) is 32.0 Å². The number of amides is 1. The number of fused-ring (bicyclic) bond motifs is 1. The van der Waals surface area contributed by atoms with Gasteiger partial charge in [-0.15, -0.1) is 0 Å². The summed E-state index contributed by atoms with van der Waals surface area (Å²) in [6, 6.07) is 4.38. The van der Waals surface area contributed by atoms with Crippen molar-refractivity contribution in [3.05, 3.63) is 29.8 Å². The zero-order chi connectivity index (χ0) is 14.0. The van der Waals surface area contributed by atoms with Crippen LogP contribution in [0.2, 0.25) is 0 Å². The van der Waals surface area contributed by atoms with E-state index >= 15 is 0 Å². The van der Waals surface area contributed by atoms with Gasteiger partial charge in [0, 0.05) is 13.0 Å². The quantitative estimate of drug-likeness (QED) is 0.773. The van der Waals surface area contributed by atoms with Crippen molar-refractivity contribution in [3.63, 3.8) is 0 Å². The van der Waals surface area contributed by atoms with Crippen molar-refractivity contribution in [1.82, 2.24) is 15.3 Å². The Balaban J connectivity index is 1.97. The average Bonchev–Trinajstić information content (AvgIpc) is 2.69. The van der Waals surface area contributed by atoms with E-state index in [0.29, 0.717) is 29.8 Å². The van der Waals surface area contributed by atoms with Crippen LogP contribution in [0.4, 0.5) is 4.39 Å². The number of aromatic nitrogens is 2. The summed E-state index contributed by atoms with van der Waals surface area (Å²) in [4.78, 5) is 18.9. The first-order chi connectivity index (χ1) is 8.86. The number of H-pyrrole nitrogens is 1. The molecule has 0 aliphatic rings. The Morgan fingerprint density at radius 1 is 1.53 bits per heavy atom. The minimum Gasteiger partial charge on any atom is -0.354 e. The maximum Gasteiger partial charge on any atom is 0.239 e. The molecule has 5 nitrogen and oxygen atoms in total. The van der Waals surface area contributed by atoms with Crippen molar-refractivity contribution in [1.29, 1.82) is 0 Å². The molecule has 6 heteroatoms. The lowest BCUT2D eigenvalue weighted by molar-refractivity contribution is -0.125. The van der Waals surface area contributed by atoms with Crippen LogP contribution in [-0.2, 0) is 11.2 Å². The van der Waals surface area contributed by atoms with E-state index in [9.17, 15) is 9.18 Å². The summed E-state index contributed by atoms with van der Waals surface area (Å²) in [7, 11) is 0. The highest BCUT2D eigenvalue weighted by Gasteiger charge is 2.20. The van der Waals surface area contributed by atoms with Gasteiger partial charge in [0.2, 0.25) is 5.91 Å². The van der Waals surface area contributed by atoms with Gasteiger partial charge in [0.1, 0.15) is 11.6 Å². The Bertz CT molecular complexity index is 600. The second-order valence-electron chi connectivity index (χ2n) is 5.07. The fourth-order valence-electron chi connectivity index (χ4n) is 1.68. The molecular formula is C13H17FN4O. The molecule has 1 aromatic carbocycles. The van der Waals surface area contributed by atoms with E-state index in [1.54, 1.807) is 19.9 Å². The van der Waals surface area contributed by atoms with Gasteiger partial charge in [0.15, 0.2) is 0 Å². The number of nitrogens with two attached hydrogens (primary N) is 1. The standard InChI is InChI=1S/C13H17FN4O/c1-13(2,15)12(19)16-6-5-11-17-9-4-3-8(14)7-10(9)18-11/h3-4,7H,5-6,15H2,1-2H3,(H,16,19)(H,17,18). The number of aromatic amines is 1. The van der Waals surface area contributed by atoms with Crippen LogP contribution in [0.5, 0.6) is 0 Å². The summed E-state index contributed by atoms with van der Waals surface area (Å²) >= 11 is 0. The Hall–Kier alpha value is -1.95. The fourth-order valence-corrected chi connectivity index (χ4v) is 1.68. The highest BCUT2D eigenvalue weighted by molar-refractivity contribution is 5.85. The summed E-state index contributed by atoms with van der Waals surface area (Å²) in [5.74, 6) is 0.186. The molecule has 0 spiro atoms. The normalized spacial score (nSPS) is 11.8. The van der Waals surface area contributed by atoms with Gasteiger partial charge >= 0.3 is 0 Å². The maximum absolute atomic E-state index is 13.0. The van der Waals surface area contributed by atoms with Gasteiger partial charge in [0.25, 0.3) is 0 Å². The number of halogens is 1. The first kappa shape index (κ1) is 13.5. The van der Waals surface area contributed by atoms with Gasteiger partial charge in [0.05, 0.1) is 16.6 Å². The van der Waals surface area contributed by atoms with Gasteiger partial charge in [-0.25, -0.2) is 9.37 Å². The molecule has 1 aromatic heterocycles. The van der Waals surface area contributed by atoms with Gasteiger partial charge in [-0.3, -0.25) is 4.79 Å². The molecule has 4 N–H and O–H groups in total. The van der Waals surface area contributed by atoms with E-state index in [1.807, 2.05) is 0 Å². The van der Waals surface area contributed by atoms with Crippen molar-refractivity contribution >= 4 is 16.9 Å². The van der Waals surface area contributed by atoms with Crippen molar-refractivity contribution in [3.8, 4) is 0 Å². The monoisotopic (exact) mass is 264 g/mol. The van der Waals surface area contributed by atoms with Crippen LogP contribution in [0.1, 0.15) is 19.7 Å². The Morgan fingerprint density at radius 3 is 2.95 bits per heavy atom. The maximum atomic E-state index is 13.0. The largest absolute Gasteiger partial charge is 0.354 e. The smallest absolute Gasteiger partial charge is 0.239 e. The van der Waals surface area contributed by atoms with Gasteiger partial charge in [-0.1, -0.05) is 0 Å². The average molecular weight is 264 g/mol. The molecular weight excluding hydrogens is 247 g/mol. The predicted molar refractivity (Wildman–Crippen MR) is 71.0 cm³/mol. The van der Waals surface area contributed by atoms with Crippen molar-refractivity contribution in [2.75, 3.05) is 6.54 Å². The van der Waals surface area contributed by atoms with Crippen molar-refractivity contribution in [2.24, 2.45) is 5.73 Å². The van der Waals surface area contributed by atoms with Crippen LogP contribution in [0, 0.1) is 5.82 Å². The third-order valence-electron chi connectivity index (χ3n) is 2.73. The highest BCUT2D eigenvalue weighted by Crippen LogP contribution is 2.12. The molecule has 0 aliphatic carbocycles. The number of rotatable bonds is 4. The fraction of sp³-hybridized carbons (Fsp3) is 0.385. The SMILES string of the molecule is CC(C)(N)C(=O)NCCc1nc2ccc(F)cc2[nH]1. The van der Waals surface area contributed by atoms with E-state index in [-0.39, 0.29) is 11.7 Å². The molecule has 0 unspecified atom stereocenters. The van der Waals surface area contributed by atoms with Gasteiger partial charge in [-0.2, -0.15) is 0 Å². The van der Waals surface area contributed by atoms with E-state index in [1.165, 1.54) is 12.1 Å². The summed E-state index contributed by atoms with van der Waals surface area (Å²) in [6.45, 7) is 3.72. The molecule has 0 aliphatic heterocycles. The molecule has 0 atom stereocenters. The lowest BCUT2D eigenvalue weighted by Gasteiger charge is -2.17. The number of imidazole rings is 1. The zero-order valence-corrected chi connectivity index (χ0v) is 11.0. The van der Waals surface area contributed by atoms with Gasteiger partial charge < -0.3 is 16.0 Å². The molecule has 102 valence electrons. The first-order valence-electron chi connectivity index (χ1n) is 6.07. The van der Waals surface area contributed by atoms with Crippen LogP contribution in [0.3, 0.4) is 0 Å². The molecule has 0 saturated heterocycles. The zero-order valence-electron chi connectivity index (χ0n) is 11.0.